The molecule has 1 aliphatic carbocycles. The van der Waals surface area contributed by atoms with Gasteiger partial charge in [0, 0.05) is 25.6 Å². The zero-order valence-corrected chi connectivity index (χ0v) is 23.2. The summed E-state index contributed by atoms with van der Waals surface area (Å²) in [6, 6.07) is 16.6. The highest BCUT2D eigenvalue weighted by atomic mass is 32.2. The van der Waals surface area contributed by atoms with Gasteiger partial charge in [-0.05, 0) is 55.9 Å². The van der Waals surface area contributed by atoms with Crippen LogP contribution >= 0.6 is 0 Å². The van der Waals surface area contributed by atoms with Gasteiger partial charge in [-0.25, -0.2) is 8.42 Å². The average Bonchev–Trinajstić information content (AvgIpc) is 2.90. The van der Waals surface area contributed by atoms with E-state index in [4.69, 9.17) is 0 Å². The van der Waals surface area contributed by atoms with Gasteiger partial charge < -0.3 is 10.2 Å². The topological polar surface area (TPSA) is 86.8 Å². The van der Waals surface area contributed by atoms with Crippen LogP contribution in [0.3, 0.4) is 0 Å². The molecule has 1 aliphatic rings. The molecule has 0 aliphatic heterocycles. The maximum atomic E-state index is 13.4. The molecule has 3 rings (SSSR count). The average molecular weight is 528 g/mol. The van der Waals surface area contributed by atoms with Crippen molar-refractivity contribution in [1.29, 1.82) is 0 Å². The number of nitrogens with zero attached hydrogens (tertiary/aromatic N) is 2. The second-order valence-electron chi connectivity index (χ2n) is 9.99. The van der Waals surface area contributed by atoms with E-state index in [-0.39, 0.29) is 30.8 Å². The molecule has 0 heterocycles. The van der Waals surface area contributed by atoms with Crippen LogP contribution in [-0.2, 0) is 32.6 Å². The van der Waals surface area contributed by atoms with Gasteiger partial charge in [-0.15, -0.1) is 0 Å². The largest absolute Gasteiger partial charge is 0.352 e. The normalized spacial score (nSPS) is 15.1. The fraction of sp³-hybridized carbons (Fsp3) is 0.517. The molecule has 1 unspecified atom stereocenters. The third kappa shape index (κ3) is 8.59. The lowest BCUT2D eigenvalue weighted by Crippen LogP contribution is -2.50. The number of aryl methyl sites for hydroxylation is 1. The van der Waals surface area contributed by atoms with E-state index in [1.54, 1.807) is 24.0 Å². The minimum atomic E-state index is -3.51. The molecule has 0 bridgehead atoms. The van der Waals surface area contributed by atoms with Gasteiger partial charge >= 0.3 is 0 Å². The predicted molar refractivity (Wildman–Crippen MR) is 149 cm³/mol. The zero-order valence-electron chi connectivity index (χ0n) is 22.4. The third-order valence-electron chi connectivity index (χ3n) is 7.10. The van der Waals surface area contributed by atoms with Crippen LogP contribution in [0, 0.1) is 0 Å². The van der Waals surface area contributed by atoms with Gasteiger partial charge in [-0.3, -0.25) is 13.9 Å². The van der Waals surface area contributed by atoms with Gasteiger partial charge in [-0.1, -0.05) is 68.7 Å². The van der Waals surface area contributed by atoms with Crippen molar-refractivity contribution >= 4 is 27.5 Å². The SMILES string of the molecule is CCc1ccc(N(CCCC(=O)N(Cc2ccccc2)C(C)C(=O)NC2CCCCC2)S(C)(=O)=O)cc1. The molecule has 2 aromatic carbocycles. The molecule has 0 radical (unpaired) electrons. The lowest BCUT2D eigenvalue weighted by molar-refractivity contribution is -0.141. The van der Waals surface area contributed by atoms with E-state index in [2.05, 4.69) is 5.32 Å². The van der Waals surface area contributed by atoms with E-state index < -0.39 is 16.1 Å². The monoisotopic (exact) mass is 527 g/mol. The van der Waals surface area contributed by atoms with E-state index in [1.807, 2.05) is 49.4 Å². The van der Waals surface area contributed by atoms with Gasteiger partial charge in [0.1, 0.15) is 6.04 Å². The minimum Gasteiger partial charge on any atom is -0.352 e. The Kier molecular flexibility index (Phi) is 10.6. The molecular formula is C29H41N3O4S. The Morgan fingerprint density at radius 3 is 2.22 bits per heavy atom. The Morgan fingerprint density at radius 1 is 0.973 bits per heavy atom. The van der Waals surface area contributed by atoms with Crippen molar-refractivity contribution in [3.63, 3.8) is 0 Å². The predicted octanol–water partition coefficient (Wildman–Crippen LogP) is 4.66. The second kappa shape index (κ2) is 13.6. The van der Waals surface area contributed by atoms with Crippen LogP contribution in [0.4, 0.5) is 5.69 Å². The number of hydrogen-bond acceptors (Lipinski definition) is 4. The van der Waals surface area contributed by atoms with Crippen LogP contribution in [0.2, 0.25) is 0 Å². The van der Waals surface area contributed by atoms with Gasteiger partial charge in [-0.2, -0.15) is 0 Å². The van der Waals surface area contributed by atoms with Crippen LogP contribution < -0.4 is 9.62 Å². The summed E-state index contributed by atoms with van der Waals surface area (Å²) in [6.07, 6.45) is 7.94. The summed E-state index contributed by atoms with van der Waals surface area (Å²) in [5.74, 6) is -0.296. The summed E-state index contributed by atoms with van der Waals surface area (Å²) >= 11 is 0. The highest BCUT2D eigenvalue weighted by molar-refractivity contribution is 7.92. The fourth-order valence-corrected chi connectivity index (χ4v) is 5.80. The first-order chi connectivity index (χ1) is 17.7. The molecule has 2 aromatic rings. The smallest absolute Gasteiger partial charge is 0.242 e. The van der Waals surface area contributed by atoms with E-state index >= 15 is 0 Å². The summed E-state index contributed by atoms with van der Waals surface area (Å²) in [5.41, 5.74) is 2.67. The van der Waals surface area contributed by atoms with Gasteiger partial charge in [0.15, 0.2) is 0 Å². The van der Waals surface area contributed by atoms with Gasteiger partial charge in [0.2, 0.25) is 21.8 Å². The first-order valence-corrected chi connectivity index (χ1v) is 15.2. The maximum Gasteiger partial charge on any atom is 0.242 e. The number of sulfonamides is 1. The summed E-state index contributed by atoms with van der Waals surface area (Å²) in [6.45, 7) is 4.34. The molecule has 0 aromatic heterocycles. The van der Waals surface area contributed by atoms with Crippen molar-refractivity contribution in [2.24, 2.45) is 0 Å². The van der Waals surface area contributed by atoms with E-state index in [1.165, 1.54) is 17.0 Å². The lowest BCUT2D eigenvalue weighted by Gasteiger charge is -2.31. The number of anilines is 1. The Bertz CT molecular complexity index is 1110. The highest BCUT2D eigenvalue weighted by Crippen LogP contribution is 2.21. The second-order valence-corrected chi connectivity index (χ2v) is 11.9. The zero-order chi connectivity index (χ0) is 26.8. The van der Waals surface area contributed by atoms with E-state index in [9.17, 15) is 18.0 Å². The Morgan fingerprint density at radius 2 is 1.62 bits per heavy atom. The molecule has 1 fully saturated rings. The number of benzene rings is 2. The van der Waals surface area contributed by atoms with Crippen LogP contribution in [0.5, 0.6) is 0 Å². The number of nitrogens with one attached hydrogen (secondary N) is 1. The highest BCUT2D eigenvalue weighted by Gasteiger charge is 2.28. The lowest BCUT2D eigenvalue weighted by atomic mass is 9.95. The van der Waals surface area contributed by atoms with Crippen molar-refractivity contribution < 1.29 is 18.0 Å². The fourth-order valence-electron chi connectivity index (χ4n) is 4.83. The number of carbonyl (C=O) groups excluding carboxylic acids is 2. The number of amides is 2. The molecule has 1 saturated carbocycles. The molecule has 0 saturated heterocycles. The van der Waals surface area contributed by atoms with E-state index in [0.717, 1.165) is 43.2 Å². The Labute approximate surface area is 222 Å². The maximum absolute atomic E-state index is 13.4. The molecule has 1 atom stereocenters. The van der Waals surface area contributed by atoms with Gasteiger partial charge in [0.05, 0.1) is 11.9 Å². The van der Waals surface area contributed by atoms with E-state index in [0.29, 0.717) is 18.7 Å². The molecule has 37 heavy (non-hydrogen) atoms. The Balaban J connectivity index is 1.68. The van der Waals surface area contributed by atoms with Crippen molar-refractivity contribution in [2.75, 3.05) is 17.1 Å². The van der Waals surface area contributed by atoms with Crippen LogP contribution in [0.25, 0.3) is 0 Å². The first kappa shape index (κ1) is 28.7. The number of hydrogen-bond donors (Lipinski definition) is 1. The molecular weight excluding hydrogens is 486 g/mol. The molecule has 1 N–H and O–H groups in total. The standard InChI is InChI=1S/C29H41N3O4S/c1-4-24-17-19-27(20-18-24)32(37(3,35)36)21-11-16-28(33)31(22-25-12-7-5-8-13-25)23(2)29(34)30-26-14-9-6-10-15-26/h5,7-8,12-13,17-20,23,26H,4,6,9-11,14-16,21-22H2,1-3H3,(H,30,34). The summed E-state index contributed by atoms with van der Waals surface area (Å²) in [5, 5.41) is 3.14. The van der Waals surface area contributed by atoms with Crippen LogP contribution in [0.15, 0.2) is 54.6 Å². The molecule has 0 spiro atoms. The number of rotatable bonds is 12. The molecule has 7 nitrogen and oxygen atoms in total. The molecule has 202 valence electrons. The van der Waals surface area contributed by atoms with Crippen LogP contribution in [0.1, 0.15) is 69.9 Å². The Hall–Kier alpha value is -2.87. The summed E-state index contributed by atoms with van der Waals surface area (Å²) < 4.78 is 26.4. The molecule has 8 heteroatoms. The minimum absolute atomic E-state index is 0.134. The van der Waals surface area contributed by atoms with Crippen molar-refractivity contribution in [3.05, 3.63) is 65.7 Å². The third-order valence-corrected chi connectivity index (χ3v) is 8.29. The quantitative estimate of drug-likeness (QED) is 0.435. The van der Waals surface area contributed by atoms with Crippen molar-refractivity contribution in [1.82, 2.24) is 10.2 Å². The summed E-state index contributed by atoms with van der Waals surface area (Å²) in [7, 11) is -3.51. The van der Waals surface area contributed by atoms with Crippen LogP contribution in [-0.4, -0.2) is 50.0 Å². The number of carbonyl (C=O) groups is 2. The summed E-state index contributed by atoms with van der Waals surface area (Å²) in [4.78, 5) is 28.1. The van der Waals surface area contributed by atoms with Gasteiger partial charge in [0.25, 0.3) is 0 Å². The van der Waals surface area contributed by atoms with Crippen molar-refractivity contribution in [3.8, 4) is 0 Å². The van der Waals surface area contributed by atoms with Crippen molar-refractivity contribution in [2.45, 2.75) is 83.8 Å². The first-order valence-electron chi connectivity index (χ1n) is 13.4. The molecule has 2 amide bonds.